The standard InChI is InChI=1S/C10H22N4O/c1-5-14(6-2)9(12)13-7-10(3,4)8(11)15/h5-7H2,1-4H3,(H2,11,15)(H2,12,13). The molecule has 0 aliphatic heterocycles. The summed E-state index contributed by atoms with van der Waals surface area (Å²) in [5.74, 6) is 0.105. The van der Waals surface area contributed by atoms with E-state index in [-0.39, 0.29) is 5.91 Å². The summed E-state index contributed by atoms with van der Waals surface area (Å²) in [5, 5.41) is 0. The van der Waals surface area contributed by atoms with Gasteiger partial charge in [-0.3, -0.25) is 9.79 Å². The van der Waals surface area contributed by atoms with Crippen molar-refractivity contribution >= 4 is 11.9 Å². The van der Waals surface area contributed by atoms with Crippen molar-refractivity contribution in [1.82, 2.24) is 4.90 Å². The lowest BCUT2D eigenvalue weighted by atomic mass is 9.93. The molecule has 0 atom stereocenters. The molecule has 0 aromatic rings. The van der Waals surface area contributed by atoms with Gasteiger partial charge in [0.2, 0.25) is 5.91 Å². The molecule has 0 radical (unpaired) electrons. The highest BCUT2D eigenvalue weighted by Crippen LogP contribution is 2.14. The van der Waals surface area contributed by atoms with Gasteiger partial charge < -0.3 is 16.4 Å². The second-order valence-electron chi connectivity index (χ2n) is 4.09. The minimum Gasteiger partial charge on any atom is -0.370 e. The Morgan fingerprint density at radius 3 is 2.07 bits per heavy atom. The number of hydrogen-bond donors (Lipinski definition) is 2. The van der Waals surface area contributed by atoms with Crippen LogP contribution < -0.4 is 11.5 Å². The van der Waals surface area contributed by atoms with Gasteiger partial charge in [0.05, 0.1) is 12.0 Å². The van der Waals surface area contributed by atoms with E-state index >= 15 is 0 Å². The SMILES string of the molecule is CCN(CC)C(N)=NCC(C)(C)C(N)=O. The Labute approximate surface area is 91.5 Å². The Morgan fingerprint density at radius 2 is 1.73 bits per heavy atom. The molecule has 0 bridgehead atoms. The van der Waals surface area contributed by atoms with Gasteiger partial charge in [-0.2, -0.15) is 0 Å². The van der Waals surface area contributed by atoms with E-state index < -0.39 is 5.41 Å². The third-order valence-electron chi connectivity index (χ3n) is 2.39. The van der Waals surface area contributed by atoms with E-state index in [4.69, 9.17) is 11.5 Å². The summed E-state index contributed by atoms with van der Waals surface area (Å²) < 4.78 is 0. The van der Waals surface area contributed by atoms with Crippen LogP contribution in [-0.4, -0.2) is 36.4 Å². The van der Waals surface area contributed by atoms with Crippen molar-refractivity contribution in [3.05, 3.63) is 0 Å². The number of carbonyl (C=O) groups is 1. The van der Waals surface area contributed by atoms with Crippen LogP contribution in [0.1, 0.15) is 27.7 Å². The van der Waals surface area contributed by atoms with Gasteiger partial charge in [0.15, 0.2) is 5.96 Å². The smallest absolute Gasteiger partial charge is 0.224 e. The molecule has 4 N–H and O–H groups in total. The number of guanidine groups is 1. The minimum absolute atomic E-state index is 0.324. The highest BCUT2D eigenvalue weighted by molar-refractivity contribution is 5.82. The first-order chi connectivity index (χ1) is 6.85. The van der Waals surface area contributed by atoms with E-state index in [1.165, 1.54) is 0 Å². The number of rotatable bonds is 5. The number of amides is 1. The molecule has 5 nitrogen and oxygen atoms in total. The fraction of sp³-hybridized carbons (Fsp3) is 0.800. The van der Waals surface area contributed by atoms with Gasteiger partial charge in [-0.25, -0.2) is 0 Å². The van der Waals surface area contributed by atoms with E-state index in [0.29, 0.717) is 12.5 Å². The average Bonchev–Trinajstić information content (AvgIpc) is 2.16. The van der Waals surface area contributed by atoms with Crippen LogP contribution in [0.15, 0.2) is 4.99 Å². The molecule has 5 heteroatoms. The molecule has 0 aliphatic rings. The average molecular weight is 214 g/mol. The van der Waals surface area contributed by atoms with Crippen LogP contribution in [0.3, 0.4) is 0 Å². The molecule has 0 saturated carbocycles. The zero-order valence-corrected chi connectivity index (χ0v) is 10.1. The number of aliphatic imine (C=N–C) groups is 1. The van der Waals surface area contributed by atoms with Crippen LogP contribution in [0.4, 0.5) is 0 Å². The molecule has 0 heterocycles. The van der Waals surface area contributed by atoms with Gasteiger partial charge in [0.25, 0.3) is 0 Å². The van der Waals surface area contributed by atoms with Gasteiger partial charge in [0.1, 0.15) is 0 Å². The van der Waals surface area contributed by atoms with Crippen LogP contribution in [-0.2, 0) is 4.79 Å². The molecule has 88 valence electrons. The number of carbonyl (C=O) groups excluding carboxylic acids is 1. The molecule has 0 spiro atoms. The fourth-order valence-electron chi connectivity index (χ4n) is 1.00. The molecule has 15 heavy (non-hydrogen) atoms. The zero-order valence-electron chi connectivity index (χ0n) is 10.1. The van der Waals surface area contributed by atoms with E-state index in [2.05, 4.69) is 4.99 Å². The van der Waals surface area contributed by atoms with E-state index in [0.717, 1.165) is 13.1 Å². The van der Waals surface area contributed by atoms with Crippen LogP contribution in [0.2, 0.25) is 0 Å². The Bertz CT molecular complexity index is 244. The summed E-state index contributed by atoms with van der Waals surface area (Å²) in [6, 6.07) is 0. The predicted octanol–water partition coefficient (Wildman–Crippen LogP) is 0.154. The molecular weight excluding hydrogens is 192 g/mol. The van der Waals surface area contributed by atoms with Gasteiger partial charge in [-0.05, 0) is 27.7 Å². The molecule has 0 aliphatic carbocycles. The van der Waals surface area contributed by atoms with Gasteiger partial charge in [-0.1, -0.05) is 0 Å². The van der Waals surface area contributed by atoms with Crippen molar-refractivity contribution in [3.8, 4) is 0 Å². The van der Waals surface area contributed by atoms with Crippen LogP contribution in [0, 0.1) is 5.41 Å². The second kappa shape index (κ2) is 5.58. The summed E-state index contributed by atoms with van der Waals surface area (Å²) in [6.07, 6.45) is 0. The molecular formula is C10H22N4O. The maximum Gasteiger partial charge on any atom is 0.224 e. The van der Waals surface area contributed by atoms with Crippen molar-refractivity contribution < 1.29 is 4.79 Å². The number of nitrogens with two attached hydrogens (primary N) is 2. The molecule has 0 rings (SSSR count). The monoisotopic (exact) mass is 214 g/mol. The largest absolute Gasteiger partial charge is 0.370 e. The molecule has 1 amide bonds. The molecule has 0 fully saturated rings. The maximum atomic E-state index is 11.0. The summed E-state index contributed by atoms with van der Waals surface area (Å²) in [7, 11) is 0. The Balaban J connectivity index is 4.45. The van der Waals surface area contributed by atoms with Crippen molar-refractivity contribution in [2.24, 2.45) is 21.9 Å². The highest BCUT2D eigenvalue weighted by Gasteiger charge is 2.24. The zero-order chi connectivity index (χ0) is 12.1. The van der Waals surface area contributed by atoms with E-state index in [1.54, 1.807) is 13.8 Å². The van der Waals surface area contributed by atoms with Crippen LogP contribution >= 0.6 is 0 Å². The first-order valence-electron chi connectivity index (χ1n) is 5.20. The predicted molar refractivity (Wildman–Crippen MR) is 62.4 cm³/mol. The first-order valence-corrected chi connectivity index (χ1v) is 5.20. The molecule has 0 saturated heterocycles. The normalized spacial score (nSPS) is 12.7. The Morgan fingerprint density at radius 1 is 1.27 bits per heavy atom. The fourth-order valence-corrected chi connectivity index (χ4v) is 1.00. The number of primary amides is 1. The molecule has 0 aromatic heterocycles. The lowest BCUT2D eigenvalue weighted by molar-refractivity contribution is -0.125. The Hall–Kier alpha value is -1.26. The number of nitrogens with zero attached hydrogens (tertiary/aromatic N) is 2. The van der Waals surface area contributed by atoms with Crippen molar-refractivity contribution in [2.75, 3.05) is 19.6 Å². The topological polar surface area (TPSA) is 84.7 Å². The first kappa shape index (κ1) is 13.7. The molecule has 0 aromatic carbocycles. The third kappa shape index (κ3) is 4.18. The van der Waals surface area contributed by atoms with E-state index in [9.17, 15) is 4.79 Å². The third-order valence-corrected chi connectivity index (χ3v) is 2.39. The van der Waals surface area contributed by atoms with Crippen molar-refractivity contribution in [1.29, 1.82) is 0 Å². The lowest BCUT2D eigenvalue weighted by Crippen LogP contribution is -2.39. The summed E-state index contributed by atoms with van der Waals surface area (Å²) >= 11 is 0. The van der Waals surface area contributed by atoms with Gasteiger partial charge in [-0.15, -0.1) is 0 Å². The minimum atomic E-state index is -0.641. The van der Waals surface area contributed by atoms with Gasteiger partial charge in [0, 0.05) is 13.1 Å². The second-order valence-corrected chi connectivity index (χ2v) is 4.09. The van der Waals surface area contributed by atoms with Crippen LogP contribution in [0.25, 0.3) is 0 Å². The van der Waals surface area contributed by atoms with Crippen LogP contribution in [0.5, 0.6) is 0 Å². The summed E-state index contributed by atoms with van der Waals surface area (Å²) in [5.41, 5.74) is 10.4. The summed E-state index contributed by atoms with van der Waals surface area (Å²) in [6.45, 7) is 9.47. The summed E-state index contributed by atoms with van der Waals surface area (Å²) in [4.78, 5) is 17.1. The Kier molecular flexibility index (Phi) is 5.11. The highest BCUT2D eigenvalue weighted by atomic mass is 16.1. The van der Waals surface area contributed by atoms with E-state index in [1.807, 2.05) is 18.7 Å². The molecule has 0 unspecified atom stereocenters. The van der Waals surface area contributed by atoms with Crippen molar-refractivity contribution in [3.63, 3.8) is 0 Å². The maximum absolute atomic E-state index is 11.0. The van der Waals surface area contributed by atoms with Gasteiger partial charge >= 0.3 is 0 Å². The lowest BCUT2D eigenvalue weighted by Gasteiger charge is -2.22. The quantitative estimate of drug-likeness (QED) is 0.505. The van der Waals surface area contributed by atoms with Crippen molar-refractivity contribution in [2.45, 2.75) is 27.7 Å². The number of hydrogen-bond acceptors (Lipinski definition) is 2.